The number of anilines is 2. The molecule has 3 aromatic rings. The van der Waals surface area contributed by atoms with Crippen LogP contribution in [0.2, 0.25) is 0 Å². The Labute approximate surface area is 144 Å². The Balaban J connectivity index is 1.76. The molecule has 120 valence electrons. The maximum Gasteiger partial charge on any atom is 0.263 e. The first kappa shape index (κ1) is 14.0. The molecule has 4 heteroatoms. The zero-order valence-corrected chi connectivity index (χ0v) is 13.3. The smallest absolute Gasteiger partial charge is 0.263 e. The van der Waals surface area contributed by atoms with Gasteiger partial charge < -0.3 is 0 Å². The van der Waals surface area contributed by atoms with Crippen molar-refractivity contribution in [3.05, 3.63) is 84.4 Å². The summed E-state index contributed by atoms with van der Waals surface area (Å²) < 4.78 is 0. The van der Waals surface area contributed by atoms with Crippen LogP contribution in [-0.4, -0.2) is 11.8 Å². The van der Waals surface area contributed by atoms with E-state index in [9.17, 15) is 9.59 Å². The zero-order chi connectivity index (χ0) is 17.0. The van der Waals surface area contributed by atoms with Crippen molar-refractivity contribution in [2.45, 2.75) is 5.92 Å². The predicted octanol–water partition coefficient (Wildman–Crippen LogP) is 3.75. The van der Waals surface area contributed by atoms with Crippen LogP contribution in [0.4, 0.5) is 11.4 Å². The zero-order valence-electron chi connectivity index (χ0n) is 13.3. The van der Waals surface area contributed by atoms with Crippen LogP contribution in [-0.2, 0) is 9.59 Å². The summed E-state index contributed by atoms with van der Waals surface area (Å²) in [5, 5.41) is 3.05. The number of hydrogen-bond acceptors (Lipinski definition) is 2. The largest absolute Gasteiger partial charge is 0.271 e. The Kier molecular flexibility index (Phi) is 2.82. The van der Waals surface area contributed by atoms with E-state index >= 15 is 0 Å². The molecule has 4 nitrogen and oxygen atoms in total. The highest BCUT2D eigenvalue weighted by atomic mass is 16.2. The fraction of sp³-hybridized carbons (Fsp3) is 0.0476. The average molecular weight is 326 g/mol. The molecule has 0 bridgehead atoms. The van der Waals surface area contributed by atoms with Gasteiger partial charge in [-0.1, -0.05) is 66.7 Å². The van der Waals surface area contributed by atoms with Gasteiger partial charge in [0.2, 0.25) is 0 Å². The summed E-state index contributed by atoms with van der Waals surface area (Å²) >= 11 is 0. The molecule has 2 amide bonds. The fourth-order valence-electron chi connectivity index (χ4n) is 3.70. The minimum absolute atomic E-state index is 0.210. The molecule has 1 saturated heterocycles. The standard InChI is InChI=1S/C21H14N2O2/c24-20-19(14-8-2-1-3-9-14)21(25)23-18-13-7-5-11-16(18)15-10-4-6-12-17(15)22(20)23/h1-13,19H. The number of carbonyl (C=O) groups excluding carboxylic acids is 2. The van der Waals surface area contributed by atoms with Crippen LogP contribution in [0.1, 0.15) is 11.5 Å². The van der Waals surface area contributed by atoms with E-state index in [1.807, 2.05) is 78.9 Å². The quantitative estimate of drug-likeness (QED) is 0.639. The van der Waals surface area contributed by atoms with Crippen molar-refractivity contribution in [2.24, 2.45) is 0 Å². The van der Waals surface area contributed by atoms with E-state index in [1.54, 1.807) is 0 Å². The van der Waals surface area contributed by atoms with Crippen molar-refractivity contribution in [3.63, 3.8) is 0 Å². The van der Waals surface area contributed by atoms with Gasteiger partial charge in [-0.3, -0.25) is 9.59 Å². The molecule has 0 atom stereocenters. The lowest BCUT2D eigenvalue weighted by Crippen LogP contribution is -2.43. The van der Waals surface area contributed by atoms with Gasteiger partial charge in [0.25, 0.3) is 11.8 Å². The molecule has 3 aromatic carbocycles. The molecule has 0 aliphatic carbocycles. The van der Waals surface area contributed by atoms with Crippen LogP contribution in [0, 0.1) is 0 Å². The number of para-hydroxylation sites is 2. The van der Waals surface area contributed by atoms with Crippen molar-refractivity contribution in [1.82, 2.24) is 0 Å². The second-order valence-corrected chi connectivity index (χ2v) is 6.18. The van der Waals surface area contributed by atoms with Gasteiger partial charge in [-0.25, -0.2) is 10.0 Å². The average Bonchev–Trinajstić information content (AvgIpc) is 2.94. The predicted molar refractivity (Wildman–Crippen MR) is 96.0 cm³/mol. The first-order valence-electron chi connectivity index (χ1n) is 8.18. The first-order chi connectivity index (χ1) is 12.3. The van der Waals surface area contributed by atoms with Gasteiger partial charge >= 0.3 is 0 Å². The summed E-state index contributed by atoms with van der Waals surface area (Å²) in [5.74, 6) is -1.23. The minimum Gasteiger partial charge on any atom is -0.271 e. The Morgan fingerprint density at radius 1 is 0.560 bits per heavy atom. The molecule has 2 heterocycles. The molecule has 0 radical (unpaired) electrons. The van der Waals surface area contributed by atoms with Crippen molar-refractivity contribution in [3.8, 4) is 11.1 Å². The third kappa shape index (κ3) is 1.82. The van der Waals surface area contributed by atoms with Gasteiger partial charge in [-0.05, 0) is 17.7 Å². The number of hydrogen-bond donors (Lipinski definition) is 0. The van der Waals surface area contributed by atoms with Crippen molar-refractivity contribution < 1.29 is 9.59 Å². The van der Waals surface area contributed by atoms with Gasteiger partial charge in [-0.2, -0.15) is 0 Å². The van der Waals surface area contributed by atoms with Gasteiger partial charge in [0.1, 0.15) is 5.92 Å². The topological polar surface area (TPSA) is 40.6 Å². The molecule has 2 aliphatic heterocycles. The Morgan fingerprint density at radius 2 is 1.00 bits per heavy atom. The van der Waals surface area contributed by atoms with Crippen LogP contribution in [0.25, 0.3) is 11.1 Å². The van der Waals surface area contributed by atoms with E-state index in [0.717, 1.165) is 28.1 Å². The van der Waals surface area contributed by atoms with Gasteiger partial charge in [0.05, 0.1) is 11.4 Å². The monoisotopic (exact) mass is 326 g/mol. The number of carbonyl (C=O) groups is 2. The van der Waals surface area contributed by atoms with Crippen LogP contribution in [0.3, 0.4) is 0 Å². The molecule has 0 spiro atoms. The molecule has 0 saturated carbocycles. The summed E-state index contributed by atoms with van der Waals surface area (Å²) in [6.45, 7) is 0. The van der Waals surface area contributed by atoms with Crippen LogP contribution >= 0.6 is 0 Å². The van der Waals surface area contributed by atoms with Gasteiger partial charge in [0.15, 0.2) is 0 Å². The van der Waals surface area contributed by atoms with E-state index in [1.165, 1.54) is 10.0 Å². The highest BCUT2D eigenvalue weighted by Crippen LogP contribution is 2.48. The second-order valence-electron chi connectivity index (χ2n) is 6.18. The van der Waals surface area contributed by atoms with Crippen LogP contribution in [0.5, 0.6) is 0 Å². The second kappa shape index (κ2) is 5.05. The number of nitrogens with zero attached hydrogens (tertiary/aromatic N) is 2. The lowest BCUT2D eigenvalue weighted by Gasteiger charge is -2.35. The lowest BCUT2D eigenvalue weighted by molar-refractivity contribution is -0.123. The summed E-state index contributed by atoms with van der Waals surface area (Å²) in [7, 11) is 0. The number of amides is 2. The molecule has 0 unspecified atom stereocenters. The summed E-state index contributed by atoms with van der Waals surface area (Å²) in [5.41, 5.74) is 4.14. The number of fused-ring (bicyclic) bond motifs is 6. The van der Waals surface area contributed by atoms with Gasteiger partial charge in [-0.15, -0.1) is 0 Å². The SMILES string of the molecule is O=C1C(c2ccccc2)C(=O)N2c3ccccc3-c3ccccc3N12. The van der Waals surface area contributed by atoms with E-state index in [4.69, 9.17) is 0 Å². The molecule has 1 fully saturated rings. The fourth-order valence-corrected chi connectivity index (χ4v) is 3.70. The maximum atomic E-state index is 13.2. The third-order valence-corrected chi connectivity index (χ3v) is 4.80. The van der Waals surface area contributed by atoms with Crippen molar-refractivity contribution in [2.75, 3.05) is 10.0 Å². The summed E-state index contributed by atoms with van der Waals surface area (Å²) in [6, 6.07) is 24.7. The number of benzene rings is 3. The molecular formula is C21H14N2O2. The van der Waals surface area contributed by atoms with Crippen LogP contribution < -0.4 is 10.0 Å². The van der Waals surface area contributed by atoms with E-state index in [2.05, 4.69) is 0 Å². The Hall–Kier alpha value is -3.40. The number of rotatable bonds is 1. The van der Waals surface area contributed by atoms with Crippen molar-refractivity contribution >= 4 is 23.2 Å². The molecular weight excluding hydrogens is 312 g/mol. The summed E-state index contributed by atoms with van der Waals surface area (Å²) in [4.78, 5) is 26.4. The highest BCUT2D eigenvalue weighted by molar-refractivity contribution is 6.29. The van der Waals surface area contributed by atoms with E-state index in [-0.39, 0.29) is 11.8 Å². The molecule has 0 aromatic heterocycles. The molecule has 5 rings (SSSR count). The molecule has 25 heavy (non-hydrogen) atoms. The maximum absolute atomic E-state index is 13.2. The van der Waals surface area contributed by atoms with E-state index < -0.39 is 5.92 Å². The lowest BCUT2D eigenvalue weighted by atomic mass is 9.98. The van der Waals surface area contributed by atoms with Crippen LogP contribution in [0.15, 0.2) is 78.9 Å². The van der Waals surface area contributed by atoms with Crippen molar-refractivity contribution in [1.29, 1.82) is 0 Å². The highest BCUT2D eigenvalue weighted by Gasteiger charge is 2.50. The van der Waals surface area contributed by atoms with E-state index in [0.29, 0.717) is 0 Å². The summed E-state index contributed by atoms with van der Waals surface area (Å²) in [6.07, 6.45) is 0. The third-order valence-electron chi connectivity index (χ3n) is 4.80. The Morgan fingerprint density at radius 3 is 1.52 bits per heavy atom. The number of hydrazine groups is 1. The minimum atomic E-state index is -0.805. The normalized spacial score (nSPS) is 15.8. The molecule has 0 N–H and O–H groups in total. The first-order valence-corrected chi connectivity index (χ1v) is 8.18. The molecule has 2 aliphatic rings. The van der Waals surface area contributed by atoms with Gasteiger partial charge in [0, 0.05) is 11.1 Å². The Bertz CT molecular complexity index is 950.